The summed E-state index contributed by atoms with van der Waals surface area (Å²) >= 11 is 0. The Morgan fingerprint density at radius 3 is 0.600 bits per heavy atom. The SMILES string of the molecule is C.C1=CC(c2ccc(C3CO3)cc2)C=C1.C1=CC(c2ccc([C@@H]3CO3)cc2)C=C1.C1=CC(c2ccc([C@H]3CO3)cc2)C=C1.C=C[B-](F)(F)F.C=Cc1ccc(C2C=CC=C2)cc1.CC.CC.CC.CC.CC.CC.CC.CC.CC.CC.Cc1ccc(C2C=CC=C2)cc1.[K+]. The fraction of sp³-hybridized carbons (Fsp3) is 0.379. The molecule has 8 heteroatoms. The molecule has 0 spiro atoms. The van der Waals surface area contributed by atoms with Crippen molar-refractivity contribution in [1.82, 2.24) is 0 Å². The Hall–Kier alpha value is -5.65. The van der Waals surface area contributed by atoms with Crippen LogP contribution in [0.2, 0.25) is 0 Å². The summed E-state index contributed by atoms with van der Waals surface area (Å²) < 4.78 is 47.9. The van der Waals surface area contributed by atoms with Gasteiger partial charge in [-0.15, -0.1) is 6.58 Å². The molecule has 0 N–H and O–H groups in total. The Kier molecular flexibility index (Phi) is 66.4. The summed E-state index contributed by atoms with van der Waals surface area (Å²) in [7, 11) is 0. The fourth-order valence-corrected chi connectivity index (χ4v) is 8.43. The molecule has 1 unspecified atom stereocenters. The third-order valence-electron chi connectivity index (χ3n) is 13.1. The van der Waals surface area contributed by atoms with E-state index in [4.69, 9.17) is 14.2 Å². The van der Waals surface area contributed by atoms with E-state index in [0.717, 1.165) is 19.8 Å². The van der Waals surface area contributed by atoms with Crippen molar-refractivity contribution in [1.29, 1.82) is 0 Å². The number of benzene rings is 5. The van der Waals surface area contributed by atoms with Crippen LogP contribution in [0.5, 0.6) is 0 Å². The molecule has 95 heavy (non-hydrogen) atoms. The van der Waals surface area contributed by atoms with Gasteiger partial charge in [-0.3, -0.25) is 0 Å². The molecule has 0 amide bonds. The van der Waals surface area contributed by atoms with Crippen molar-refractivity contribution in [3.63, 3.8) is 0 Å². The summed E-state index contributed by atoms with van der Waals surface area (Å²) in [5.41, 5.74) is 13.2. The zero-order valence-electron chi connectivity index (χ0n) is 62.3. The van der Waals surface area contributed by atoms with Gasteiger partial charge in [0.05, 0.1) is 19.8 Å². The molecule has 0 saturated carbocycles. The third kappa shape index (κ3) is 41.9. The van der Waals surface area contributed by atoms with E-state index in [-0.39, 0.29) is 64.8 Å². The van der Waals surface area contributed by atoms with Gasteiger partial charge in [0.15, 0.2) is 0 Å². The van der Waals surface area contributed by atoms with Crippen molar-refractivity contribution < 1.29 is 78.5 Å². The molecule has 3 atom stereocenters. The number of ether oxygens (including phenoxy) is 3. The molecule has 13 rings (SSSR count). The van der Waals surface area contributed by atoms with Crippen molar-refractivity contribution >= 4 is 13.1 Å². The summed E-state index contributed by atoms with van der Waals surface area (Å²) in [6.45, 7) is 46.3. The quantitative estimate of drug-likeness (QED) is 0.103. The predicted molar refractivity (Wildman–Crippen MR) is 418 cm³/mol. The molecule has 0 bridgehead atoms. The van der Waals surface area contributed by atoms with Crippen LogP contribution in [0.4, 0.5) is 12.9 Å². The molecule has 5 aliphatic carbocycles. The van der Waals surface area contributed by atoms with E-state index in [2.05, 4.69) is 263 Å². The second-order valence-electron chi connectivity index (χ2n) is 18.6. The maximum atomic E-state index is 10.7. The van der Waals surface area contributed by atoms with E-state index in [1.54, 1.807) is 0 Å². The van der Waals surface area contributed by atoms with Gasteiger partial charge < -0.3 is 27.2 Å². The predicted octanol–water partition coefficient (Wildman–Crippen LogP) is 25.1. The molecule has 5 aromatic rings. The van der Waals surface area contributed by atoms with Gasteiger partial charge in [-0.25, -0.2) is 0 Å². The normalized spacial score (nSPS) is 16.2. The topological polar surface area (TPSA) is 37.6 Å². The Balaban J connectivity index is -0.000000325. The first kappa shape index (κ1) is 98.0. The summed E-state index contributed by atoms with van der Waals surface area (Å²) in [6, 6.07) is 43.4. The fourth-order valence-electron chi connectivity index (χ4n) is 8.43. The number of hydrogen-bond donors (Lipinski definition) is 0. The molecule has 8 aliphatic rings. The Labute approximate surface area is 624 Å². The van der Waals surface area contributed by atoms with E-state index in [0.29, 0.717) is 47.9 Å². The molecule has 0 radical (unpaired) electrons. The summed E-state index contributed by atoms with van der Waals surface area (Å²) in [5, 5.41) is 0. The van der Waals surface area contributed by atoms with Gasteiger partial charge in [0.1, 0.15) is 18.3 Å². The van der Waals surface area contributed by atoms with Crippen LogP contribution >= 0.6 is 0 Å². The third-order valence-corrected chi connectivity index (χ3v) is 13.1. The molecular weight excluding hydrogens is 1200 g/mol. The zero-order chi connectivity index (χ0) is 70.8. The number of aryl methyl sites for hydroxylation is 1. The van der Waals surface area contributed by atoms with E-state index < -0.39 is 6.98 Å². The van der Waals surface area contributed by atoms with Crippen molar-refractivity contribution in [3.05, 3.63) is 318 Å². The van der Waals surface area contributed by atoms with Crippen LogP contribution in [-0.4, -0.2) is 26.8 Å². The second-order valence-corrected chi connectivity index (χ2v) is 18.6. The minimum atomic E-state index is -4.72. The smallest absolute Gasteiger partial charge is 0.445 e. The van der Waals surface area contributed by atoms with Gasteiger partial charge in [-0.1, -0.05) is 407 Å². The van der Waals surface area contributed by atoms with Gasteiger partial charge in [0.2, 0.25) is 0 Å². The van der Waals surface area contributed by atoms with E-state index in [9.17, 15) is 12.9 Å². The zero-order valence-corrected chi connectivity index (χ0v) is 65.5. The van der Waals surface area contributed by atoms with E-state index in [1.165, 1.54) is 55.6 Å². The molecule has 518 valence electrons. The van der Waals surface area contributed by atoms with Crippen molar-refractivity contribution in [2.45, 2.75) is 201 Å². The number of halogens is 3. The van der Waals surface area contributed by atoms with Crippen LogP contribution in [0, 0.1) is 6.92 Å². The number of rotatable bonds is 10. The molecule has 5 aromatic carbocycles. The first-order valence-electron chi connectivity index (χ1n) is 35.1. The molecule has 3 fully saturated rings. The average Bonchev–Trinajstić information content (AvgIpc) is 1.80. The molecule has 3 saturated heterocycles. The molecule has 0 aromatic heterocycles. The molecule has 3 nitrogen and oxygen atoms in total. The van der Waals surface area contributed by atoms with Crippen molar-refractivity contribution in [2.75, 3.05) is 19.8 Å². The Bertz CT molecular complexity index is 2640. The Morgan fingerprint density at radius 1 is 0.305 bits per heavy atom. The van der Waals surface area contributed by atoms with Crippen LogP contribution in [0.15, 0.2) is 262 Å². The van der Waals surface area contributed by atoms with Crippen LogP contribution < -0.4 is 51.4 Å². The largest absolute Gasteiger partial charge is 1.00 e. The Morgan fingerprint density at radius 2 is 0.453 bits per heavy atom. The standard InChI is InChI=1S/3C13H12O.C13H12.C12H12.C2H3BF3.10C2H6.CH4.K/c3*1-2-4-10(3-1)11-5-7-12(8-6-11)13-9-14-13;1-2-11-7-9-13(10-8-11)12-5-3-4-6-12;1-10-6-8-12(9-7-10)11-4-2-3-5-11;1-2-3(4,5)6;10*1-2;;/h3*1-8,10,13H,9H2;2-10,12H,1H2;2-9,11H,1H3;2H,1H2;10*1-2H3;1H4;/q;;;;;-1;;;;;;;;;;;;+1/t2*13-;;;;;;;;;;;;;;;;/m10................/s1. The number of allylic oxidation sites excluding steroid dienone is 20. The van der Waals surface area contributed by atoms with Crippen LogP contribution in [0.3, 0.4) is 0 Å². The van der Waals surface area contributed by atoms with E-state index in [1.807, 2.05) is 145 Å². The summed E-state index contributed by atoms with van der Waals surface area (Å²) in [4.78, 5) is 0. The first-order chi connectivity index (χ1) is 45.6. The average molecular weight is 1330 g/mol. The van der Waals surface area contributed by atoms with Gasteiger partial charge in [0, 0.05) is 29.6 Å². The molecule has 3 aliphatic heterocycles. The minimum Gasteiger partial charge on any atom is -0.445 e. The second kappa shape index (κ2) is 64.4. The van der Waals surface area contributed by atoms with Gasteiger partial charge >= 0.3 is 58.4 Å². The van der Waals surface area contributed by atoms with Crippen molar-refractivity contribution in [3.8, 4) is 0 Å². The van der Waals surface area contributed by atoms with Crippen molar-refractivity contribution in [2.24, 2.45) is 0 Å². The van der Waals surface area contributed by atoms with Gasteiger partial charge in [0.25, 0.3) is 0 Å². The molecular formula is C87H127BF3KO3. The maximum Gasteiger partial charge on any atom is 1.00 e. The van der Waals surface area contributed by atoms with Crippen LogP contribution in [-0.2, 0) is 14.2 Å². The van der Waals surface area contributed by atoms with Gasteiger partial charge in [-0.2, -0.15) is 5.98 Å². The first-order valence-corrected chi connectivity index (χ1v) is 35.1. The molecule has 3 heterocycles. The minimum absolute atomic E-state index is 0. The van der Waals surface area contributed by atoms with Gasteiger partial charge in [-0.05, 0) is 57.0 Å². The maximum absolute atomic E-state index is 10.7. The van der Waals surface area contributed by atoms with Crippen LogP contribution in [0.25, 0.3) is 6.08 Å². The van der Waals surface area contributed by atoms with E-state index >= 15 is 0 Å². The number of epoxide rings is 3. The summed E-state index contributed by atoms with van der Waals surface area (Å²) in [5.74, 6) is 2.40. The van der Waals surface area contributed by atoms with Crippen LogP contribution in [0.1, 0.15) is 249 Å². The summed E-state index contributed by atoms with van der Waals surface area (Å²) in [6.07, 6.45) is 46.1. The monoisotopic (exact) mass is 1330 g/mol. The number of hydrogen-bond acceptors (Lipinski definition) is 3.